The fourth-order valence-electron chi connectivity index (χ4n) is 7.43. The van der Waals surface area contributed by atoms with Crippen molar-refractivity contribution in [1.29, 1.82) is 0 Å². The number of fused-ring (bicyclic) bond motifs is 1. The van der Waals surface area contributed by atoms with Crippen LogP contribution in [0.15, 0.2) is 60.1 Å². The number of methoxy groups -OCH3 is 2. The van der Waals surface area contributed by atoms with Crippen molar-refractivity contribution in [3.8, 4) is 17.2 Å². The summed E-state index contributed by atoms with van der Waals surface area (Å²) in [5, 5.41) is 63.4. The molecule has 9 unspecified atom stereocenters. The third-order valence-electron chi connectivity index (χ3n) is 10.9. The fraction of sp³-hybridized carbons (Fsp3) is 0.450. The second-order valence-electron chi connectivity index (χ2n) is 14.3. The highest BCUT2D eigenvalue weighted by atomic mass is 16.5. The molecule has 0 fully saturated rings. The summed E-state index contributed by atoms with van der Waals surface area (Å²) in [6, 6.07) is 0. The Morgan fingerprint density at radius 3 is 2.17 bits per heavy atom. The van der Waals surface area contributed by atoms with Gasteiger partial charge in [0.05, 0.1) is 54.5 Å². The van der Waals surface area contributed by atoms with Crippen molar-refractivity contribution in [3.63, 3.8) is 0 Å². The van der Waals surface area contributed by atoms with Gasteiger partial charge in [0.25, 0.3) is 5.91 Å². The van der Waals surface area contributed by atoms with Gasteiger partial charge in [-0.1, -0.05) is 45.9 Å². The smallest absolute Gasteiger partial charge is 0.347 e. The number of phenolic OH excluding ortho intramolecular Hbond substituents is 2. The van der Waals surface area contributed by atoms with Crippen LogP contribution in [0.5, 0.6) is 17.2 Å². The van der Waals surface area contributed by atoms with Crippen LogP contribution in [0.3, 0.4) is 0 Å². The molecule has 3 heterocycles. The molecule has 0 saturated heterocycles. The number of aromatic hydroxyl groups is 2. The molecule has 0 saturated carbocycles. The molecule has 1 amide bonds. The summed E-state index contributed by atoms with van der Waals surface area (Å²) in [4.78, 5) is 29.6. The Morgan fingerprint density at radius 1 is 0.849 bits per heavy atom. The fourth-order valence-corrected chi connectivity index (χ4v) is 7.43. The van der Waals surface area contributed by atoms with E-state index >= 15 is 0 Å². The van der Waals surface area contributed by atoms with Crippen LogP contribution in [0, 0.1) is 30.6 Å². The lowest BCUT2D eigenvalue weighted by Gasteiger charge is -2.36. The molecule has 0 aromatic heterocycles. The number of aliphatic hydroxyl groups excluding tert-OH is 3. The van der Waals surface area contributed by atoms with Gasteiger partial charge in [-0.05, 0) is 44.6 Å². The first kappa shape index (κ1) is 39.4. The van der Waals surface area contributed by atoms with Crippen molar-refractivity contribution in [2.24, 2.45) is 23.7 Å². The summed E-state index contributed by atoms with van der Waals surface area (Å²) in [5.41, 5.74) is 1.92. The summed E-state index contributed by atoms with van der Waals surface area (Å²) in [6.45, 7) is 12.0. The first-order valence-corrected chi connectivity index (χ1v) is 17.7. The number of carbonyl (C=O) groups excluding carboxylic acids is 2. The number of nitrogens with zero attached hydrogens (tertiary/aromatic N) is 1. The maximum Gasteiger partial charge on any atom is 0.347 e. The van der Waals surface area contributed by atoms with Crippen LogP contribution >= 0.6 is 0 Å². The topological polar surface area (TPSA) is 190 Å². The Morgan fingerprint density at radius 2 is 1.51 bits per heavy atom. The minimum atomic E-state index is -1.09. The summed E-state index contributed by atoms with van der Waals surface area (Å²) >= 11 is 0. The maximum absolute atomic E-state index is 14.1. The Bertz CT molecular complexity index is 1930. The first-order chi connectivity index (χ1) is 25.0. The standard InChI is InChI=1S/C40H51N3O10/c1-18-13-15-43-26(17-18)41-30-27-28-36(47)24(7)38(52-9)29(27)40(50)53-16-14-25(51-8)21(4)34(45)23(6)35(46)22(5)33(44)19(2)11-10-12-20(3)39(49)42-31(32(30)43)37(28)48/h10-17,19,21-23,25-26,33-35,41,44-48H,1-9H3,(H,42,49)/b11-10+,16-14+,20-12-. The van der Waals surface area contributed by atoms with Crippen LogP contribution < -0.4 is 20.3 Å². The average molecular weight is 734 g/mol. The zero-order valence-corrected chi connectivity index (χ0v) is 31.5. The van der Waals surface area contributed by atoms with Gasteiger partial charge in [0.2, 0.25) is 0 Å². The number of aliphatic hydroxyl groups is 3. The number of benzene rings is 2. The van der Waals surface area contributed by atoms with Crippen molar-refractivity contribution in [3.05, 3.63) is 71.2 Å². The van der Waals surface area contributed by atoms with Crippen LogP contribution in [0.2, 0.25) is 0 Å². The van der Waals surface area contributed by atoms with Crippen molar-refractivity contribution in [1.82, 2.24) is 0 Å². The summed E-state index contributed by atoms with van der Waals surface area (Å²) in [5.74, 6) is -4.61. The predicted octanol–water partition coefficient (Wildman–Crippen LogP) is 5.37. The molecule has 0 aliphatic carbocycles. The highest BCUT2D eigenvalue weighted by Gasteiger charge is 2.40. The molecule has 13 nitrogen and oxygen atoms in total. The number of rotatable bonds is 2. The highest BCUT2D eigenvalue weighted by Crippen LogP contribution is 2.57. The second kappa shape index (κ2) is 15.7. The number of anilines is 3. The van der Waals surface area contributed by atoms with E-state index in [1.807, 2.05) is 19.1 Å². The molecule has 3 aliphatic rings. The van der Waals surface area contributed by atoms with Gasteiger partial charge in [-0.25, -0.2) is 4.79 Å². The SMILES string of the molecule is COc1c(C)c(O)c2c(O)c3c4c(c2c1C(=O)O/C=C/C(OC)C(C)C(O)C(C)C(O)C(C)C(O)C(C)/C=C/C=C(/C)C(=O)N3)NC1C=C(C)C=CN41. The molecule has 0 spiro atoms. The Kier molecular flexibility index (Phi) is 11.6. The number of nitrogens with one attached hydrogen (secondary N) is 2. The molecule has 2 aromatic rings. The molecular weight excluding hydrogens is 682 g/mol. The van der Waals surface area contributed by atoms with Gasteiger partial charge in [0.1, 0.15) is 28.9 Å². The Hall–Kier alpha value is -4.82. The number of allylic oxidation sites excluding steroid dienone is 4. The zero-order chi connectivity index (χ0) is 39.0. The quantitative estimate of drug-likeness (QED) is 0.119. The van der Waals surface area contributed by atoms with Gasteiger partial charge in [0.15, 0.2) is 5.75 Å². The normalized spacial score (nSPS) is 31.8. The van der Waals surface area contributed by atoms with Gasteiger partial charge in [0, 0.05) is 53.5 Å². The third kappa shape index (κ3) is 7.13. The van der Waals surface area contributed by atoms with Crippen molar-refractivity contribution >= 4 is 39.7 Å². The van der Waals surface area contributed by atoms with E-state index in [2.05, 4.69) is 10.6 Å². The number of hydrogen-bond donors (Lipinski definition) is 7. The van der Waals surface area contributed by atoms with Gasteiger partial charge < -0.3 is 55.3 Å². The van der Waals surface area contributed by atoms with Crippen LogP contribution in [-0.4, -0.2) is 82.2 Å². The number of amides is 1. The largest absolute Gasteiger partial charge is 0.507 e. The number of phenols is 2. The molecule has 286 valence electrons. The van der Waals surface area contributed by atoms with E-state index in [0.717, 1.165) is 11.8 Å². The zero-order valence-electron chi connectivity index (χ0n) is 31.5. The van der Waals surface area contributed by atoms with Crippen molar-refractivity contribution in [2.45, 2.75) is 79.0 Å². The van der Waals surface area contributed by atoms with E-state index < -0.39 is 71.9 Å². The molecular formula is C40H51N3O10. The van der Waals surface area contributed by atoms with Crippen LogP contribution in [0.1, 0.15) is 57.5 Å². The van der Waals surface area contributed by atoms with E-state index in [0.29, 0.717) is 11.4 Å². The van der Waals surface area contributed by atoms with Gasteiger partial charge in [-0.15, -0.1) is 0 Å². The van der Waals surface area contributed by atoms with Gasteiger partial charge >= 0.3 is 5.97 Å². The average Bonchev–Trinajstić information content (AvgIpc) is 3.51. The van der Waals surface area contributed by atoms with Gasteiger partial charge in [-0.2, -0.15) is 0 Å². The second-order valence-corrected chi connectivity index (χ2v) is 14.3. The minimum absolute atomic E-state index is 0.00416. The molecule has 2 aromatic carbocycles. The van der Waals surface area contributed by atoms with E-state index in [1.54, 1.807) is 63.9 Å². The van der Waals surface area contributed by atoms with Crippen molar-refractivity contribution in [2.75, 3.05) is 29.8 Å². The highest BCUT2D eigenvalue weighted by molar-refractivity contribution is 6.24. The lowest BCUT2D eigenvalue weighted by atomic mass is 9.78. The lowest BCUT2D eigenvalue weighted by molar-refractivity contribution is -0.112. The van der Waals surface area contributed by atoms with E-state index in [4.69, 9.17) is 14.2 Å². The number of ether oxygens (including phenoxy) is 3. The molecule has 9 atom stereocenters. The Labute approximate surface area is 309 Å². The number of cyclic esters (lactones) is 1. The number of hydrogen-bond acceptors (Lipinski definition) is 12. The van der Waals surface area contributed by atoms with Crippen molar-refractivity contribution < 1.29 is 49.3 Å². The van der Waals surface area contributed by atoms with Crippen LogP contribution in [0.25, 0.3) is 10.8 Å². The van der Waals surface area contributed by atoms with Crippen LogP contribution in [0.4, 0.5) is 17.1 Å². The van der Waals surface area contributed by atoms with Crippen LogP contribution in [-0.2, 0) is 14.3 Å². The molecule has 53 heavy (non-hydrogen) atoms. The predicted molar refractivity (Wildman–Crippen MR) is 203 cm³/mol. The van der Waals surface area contributed by atoms with E-state index in [-0.39, 0.29) is 44.7 Å². The molecule has 7 N–H and O–H groups in total. The lowest BCUT2D eigenvalue weighted by Crippen LogP contribution is -2.44. The summed E-state index contributed by atoms with van der Waals surface area (Å²) in [6.07, 6.45) is 8.71. The molecule has 5 rings (SSSR count). The maximum atomic E-state index is 14.1. The molecule has 13 heteroatoms. The molecule has 0 radical (unpaired) electrons. The Balaban J connectivity index is 1.75. The van der Waals surface area contributed by atoms with Gasteiger partial charge in [-0.3, -0.25) is 4.79 Å². The first-order valence-electron chi connectivity index (χ1n) is 17.7. The summed E-state index contributed by atoms with van der Waals surface area (Å²) < 4.78 is 17.0. The van der Waals surface area contributed by atoms with E-state index in [9.17, 15) is 35.1 Å². The molecule has 2 bridgehead atoms. The molecule has 3 aliphatic heterocycles. The number of carbonyl (C=O) groups is 2. The monoisotopic (exact) mass is 733 g/mol. The van der Waals surface area contributed by atoms with E-state index in [1.165, 1.54) is 27.2 Å². The minimum Gasteiger partial charge on any atom is -0.507 e. The summed E-state index contributed by atoms with van der Waals surface area (Å²) in [7, 11) is 2.79. The number of esters is 1. The third-order valence-corrected chi connectivity index (χ3v) is 10.9.